The molecule has 2 aromatic rings. The Kier molecular flexibility index (Phi) is 3.49. The van der Waals surface area contributed by atoms with Gasteiger partial charge in [-0.05, 0) is 42.7 Å². The number of hydrogen-bond donors (Lipinski definition) is 0. The minimum Gasteiger partial charge on any atom is -0.350 e. The summed E-state index contributed by atoms with van der Waals surface area (Å²) < 4.78 is 13.4. The van der Waals surface area contributed by atoms with Gasteiger partial charge in [-0.1, -0.05) is 29.8 Å². The van der Waals surface area contributed by atoms with Crippen LogP contribution in [0.2, 0.25) is 5.02 Å². The van der Waals surface area contributed by atoms with Gasteiger partial charge in [-0.3, -0.25) is 4.99 Å². The Morgan fingerprint density at radius 2 is 1.88 bits per heavy atom. The first-order valence-corrected chi connectivity index (χ1v) is 9.24. The molecule has 0 amide bonds. The van der Waals surface area contributed by atoms with E-state index in [1.807, 2.05) is 24.3 Å². The maximum Gasteiger partial charge on any atom is 0.136 e. The molecule has 0 bridgehead atoms. The molecular weight excluding hydrogens is 337 g/mol. The van der Waals surface area contributed by atoms with E-state index in [4.69, 9.17) is 16.6 Å². The van der Waals surface area contributed by atoms with E-state index < -0.39 is 0 Å². The summed E-state index contributed by atoms with van der Waals surface area (Å²) >= 11 is 6.55. The fourth-order valence-corrected chi connectivity index (χ4v) is 4.80. The summed E-state index contributed by atoms with van der Waals surface area (Å²) in [5, 5.41) is 0.770. The Balaban J connectivity index is 1.64. The van der Waals surface area contributed by atoms with Crippen LogP contribution in [-0.2, 0) is 0 Å². The summed E-state index contributed by atoms with van der Waals surface area (Å²) in [7, 11) is 0. The van der Waals surface area contributed by atoms with Gasteiger partial charge in [0.2, 0.25) is 0 Å². The maximum absolute atomic E-state index is 13.4. The van der Waals surface area contributed by atoms with Crippen molar-refractivity contribution in [1.82, 2.24) is 4.90 Å². The molecule has 5 rings (SSSR count). The van der Waals surface area contributed by atoms with E-state index in [1.54, 1.807) is 12.1 Å². The first kappa shape index (κ1) is 15.2. The second-order valence-corrected chi connectivity index (χ2v) is 7.35. The van der Waals surface area contributed by atoms with Gasteiger partial charge in [-0.25, -0.2) is 4.39 Å². The van der Waals surface area contributed by atoms with E-state index in [9.17, 15) is 4.39 Å². The molecule has 0 aromatic heterocycles. The monoisotopic (exact) mass is 355 g/mol. The molecule has 1 fully saturated rings. The molecule has 2 unspecified atom stereocenters. The highest BCUT2D eigenvalue weighted by Gasteiger charge is 2.46. The smallest absolute Gasteiger partial charge is 0.136 e. The summed E-state index contributed by atoms with van der Waals surface area (Å²) in [4.78, 5) is 9.70. The first-order chi connectivity index (χ1) is 12.2. The predicted octanol–water partition coefficient (Wildman–Crippen LogP) is 4.27. The number of benzene rings is 2. The van der Waals surface area contributed by atoms with Crippen molar-refractivity contribution in [3.05, 3.63) is 64.4 Å². The second-order valence-electron chi connectivity index (χ2n) is 6.94. The predicted molar refractivity (Wildman–Crippen MR) is 99.1 cm³/mol. The van der Waals surface area contributed by atoms with Crippen molar-refractivity contribution in [2.45, 2.75) is 24.9 Å². The molecule has 5 heteroatoms. The van der Waals surface area contributed by atoms with Gasteiger partial charge in [0, 0.05) is 25.6 Å². The number of rotatable bonds is 1. The molecule has 128 valence electrons. The van der Waals surface area contributed by atoms with Crippen molar-refractivity contribution in [1.29, 1.82) is 0 Å². The minimum absolute atomic E-state index is 0.181. The van der Waals surface area contributed by atoms with Crippen LogP contribution in [0.5, 0.6) is 0 Å². The lowest BCUT2D eigenvalue weighted by Crippen LogP contribution is -2.56. The summed E-state index contributed by atoms with van der Waals surface area (Å²) in [5.74, 6) is 1.19. The van der Waals surface area contributed by atoms with E-state index in [1.165, 1.54) is 11.3 Å². The third-order valence-corrected chi connectivity index (χ3v) is 5.91. The molecule has 3 heterocycles. The van der Waals surface area contributed by atoms with Gasteiger partial charge < -0.3 is 9.80 Å². The van der Waals surface area contributed by atoms with Gasteiger partial charge >= 0.3 is 0 Å². The molecule has 3 nitrogen and oxygen atoms in total. The van der Waals surface area contributed by atoms with Gasteiger partial charge in [-0.15, -0.1) is 0 Å². The molecule has 0 spiro atoms. The number of fused-ring (bicyclic) bond motifs is 6. The topological polar surface area (TPSA) is 18.8 Å². The average Bonchev–Trinajstić information content (AvgIpc) is 3.08. The standard InChI is InChI=1S/C20H19ClFN3/c21-16-3-1-4-17-18(16)19-23-10-2-11-25(19)20-15(9-12-24(17)20)13-5-7-14(22)8-6-13/h1,3-8,15,20H,2,9-12H2. The van der Waals surface area contributed by atoms with Crippen LogP contribution < -0.4 is 4.90 Å². The summed E-state index contributed by atoms with van der Waals surface area (Å²) in [6, 6.07) is 13.1. The summed E-state index contributed by atoms with van der Waals surface area (Å²) in [6.07, 6.45) is 2.34. The highest BCUT2D eigenvalue weighted by Crippen LogP contribution is 2.45. The van der Waals surface area contributed by atoms with Crippen LogP contribution in [0.4, 0.5) is 10.1 Å². The van der Waals surface area contributed by atoms with Crippen molar-refractivity contribution in [2.75, 3.05) is 24.5 Å². The Labute approximate surface area is 151 Å². The number of aliphatic imine (C=N–C) groups is 1. The summed E-state index contributed by atoms with van der Waals surface area (Å²) in [6.45, 7) is 2.82. The van der Waals surface area contributed by atoms with Crippen LogP contribution in [0.15, 0.2) is 47.5 Å². The number of amidine groups is 1. The molecule has 0 radical (unpaired) electrons. The van der Waals surface area contributed by atoms with Crippen molar-refractivity contribution in [2.24, 2.45) is 4.99 Å². The van der Waals surface area contributed by atoms with Gasteiger partial charge in [0.1, 0.15) is 17.8 Å². The van der Waals surface area contributed by atoms with Crippen LogP contribution in [0.3, 0.4) is 0 Å². The highest BCUT2D eigenvalue weighted by atomic mass is 35.5. The zero-order valence-electron chi connectivity index (χ0n) is 13.8. The van der Waals surface area contributed by atoms with E-state index >= 15 is 0 Å². The lowest BCUT2D eigenvalue weighted by atomic mass is 9.92. The molecule has 3 aliphatic rings. The van der Waals surface area contributed by atoms with Crippen LogP contribution in [0.1, 0.15) is 29.9 Å². The van der Waals surface area contributed by atoms with Crippen LogP contribution in [0, 0.1) is 5.82 Å². The third-order valence-electron chi connectivity index (χ3n) is 5.59. The van der Waals surface area contributed by atoms with Gasteiger partial charge in [0.25, 0.3) is 0 Å². The molecule has 0 aliphatic carbocycles. The van der Waals surface area contributed by atoms with Gasteiger partial charge in [0.05, 0.1) is 16.3 Å². The second kappa shape index (κ2) is 5.73. The van der Waals surface area contributed by atoms with Gasteiger partial charge in [0.15, 0.2) is 0 Å². The van der Waals surface area contributed by atoms with E-state index in [2.05, 4.69) is 15.9 Å². The SMILES string of the molecule is Fc1ccc(C2CCN3c4cccc(Cl)c4C4=NCCCN4C23)cc1. The van der Waals surface area contributed by atoms with Crippen molar-refractivity contribution in [3.63, 3.8) is 0 Å². The number of halogens is 2. The number of hydrogen-bond acceptors (Lipinski definition) is 3. The average molecular weight is 356 g/mol. The number of nitrogens with zero attached hydrogens (tertiary/aromatic N) is 3. The Bertz CT molecular complexity index is 849. The minimum atomic E-state index is -0.181. The lowest BCUT2D eigenvalue weighted by Gasteiger charge is -2.47. The molecule has 25 heavy (non-hydrogen) atoms. The zero-order valence-corrected chi connectivity index (χ0v) is 14.6. The van der Waals surface area contributed by atoms with Crippen molar-refractivity contribution >= 4 is 23.1 Å². The zero-order chi connectivity index (χ0) is 17.0. The van der Waals surface area contributed by atoms with Crippen molar-refractivity contribution < 1.29 is 4.39 Å². The van der Waals surface area contributed by atoms with E-state index in [-0.39, 0.29) is 12.0 Å². The molecule has 3 aliphatic heterocycles. The normalized spacial score (nSPS) is 24.5. The molecule has 0 saturated carbocycles. The highest BCUT2D eigenvalue weighted by molar-refractivity contribution is 6.35. The third kappa shape index (κ3) is 2.27. The number of anilines is 1. The quantitative estimate of drug-likeness (QED) is 0.761. The van der Waals surface area contributed by atoms with E-state index in [0.717, 1.165) is 48.9 Å². The first-order valence-electron chi connectivity index (χ1n) is 8.86. The molecule has 2 aromatic carbocycles. The van der Waals surface area contributed by atoms with E-state index in [0.29, 0.717) is 5.92 Å². The van der Waals surface area contributed by atoms with Crippen molar-refractivity contribution in [3.8, 4) is 0 Å². The maximum atomic E-state index is 13.4. The molecule has 1 saturated heterocycles. The molecule has 0 N–H and O–H groups in total. The molecular formula is C20H19ClFN3. The van der Waals surface area contributed by atoms with Crippen LogP contribution in [0.25, 0.3) is 0 Å². The Morgan fingerprint density at radius 1 is 1.04 bits per heavy atom. The van der Waals surface area contributed by atoms with Crippen LogP contribution >= 0.6 is 11.6 Å². The fraction of sp³-hybridized carbons (Fsp3) is 0.350. The molecule has 2 atom stereocenters. The Hall–Kier alpha value is -2.07. The fourth-order valence-electron chi connectivity index (χ4n) is 4.55. The van der Waals surface area contributed by atoms with Crippen LogP contribution in [-0.4, -0.2) is 36.5 Å². The summed E-state index contributed by atoms with van der Waals surface area (Å²) in [5.41, 5.74) is 3.45. The largest absolute Gasteiger partial charge is 0.350 e. The van der Waals surface area contributed by atoms with Gasteiger partial charge in [-0.2, -0.15) is 0 Å². The lowest BCUT2D eigenvalue weighted by molar-refractivity contribution is 0.275. The Morgan fingerprint density at radius 3 is 2.72 bits per heavy atom.